The molecule has 111 heavy (non-hydrogen) atoms. The molecule has 0 aromatic heterocycles. The minimum absolute atomic E-state index is 0. The van der Waals surface area contributed by atoms with Gasteiger partial charge in [-0.2, -0.15) is 8.60 Å². The average molecular weight is 1900 g/mol. The average Bonchev–Trinajstić information content (AvgIpc) is 0.878. The Labute approximate surface area is 735 Å². The van der Waals surface area contributed by atoms with Crippen molar-refractivity contribution in [2.75, 3.05) is 109 Å². The molecule has 18 nitrogen and oxygen atoms in total. The summed E-state index contributed by atoms with van der Waals surface area (Å²) in [6.07, 6.45) is 53.0. The molecule has 0 heterocycles. The van der Waals surface area contributed by atoms with Crippen molar-refractivity contribution in [2.45, 2.75) is 369 Å². The molecule has 4 aliphatic carbocycles. The predicted octanol–water partition coefficient (Wildman–Crippen LogP) is 20.4. The van der Waals surface area contributed by atoms with Crippen LogP contribution in [-0.2, 0) is 40.0 Å². The molecule has 4 fully saturated rings. The number of rotatable bonds is 44. The molecule has 14 N–H and O–H groups in total. The number of hydrogen-bond donors (Lipinski definition) is 17. The van der Waals surface area contributed by atoms with Crippen LogP contribution in [0.25, 0.3) is 0 Å². The van der Waals surface area contributed by atoms with Crippen LogP contribution in [-0.4, -0.2) is 192 Å². The molecule has 31 heteroatoms. The summed E-state index contributed by atoms with van der Waals surface area (Å²) in [5.74, 6) is 4.51. The van der Waals surface area contributed by atoms with E-state index in [9.17, 15) is 9.79 Å². The Morgan fingerprint density at radius 3 is 0.784 bits per heavy atom. The van der Waals surface area contributed by atoms with Gasteiger partial charge in [-0.3, -0.25) is 0 Å². The summed E-state index contributed by atoms with van der Waals surface area (Å²) in [6, 6.07) is 0. The second-order valence-electron chi connectivity index (χ2n) is 33.8. The van der Waals surface area contributed by atoms with Crippen molar-refractivity contribution in [1.29, 1.82) is 0 Å². The normalized spacial score (nSPS) is 15.6. The van der Waals surface area contributed by atoms with Crippen LogP contribution < -0.4 is 9.79 Å². The molecule has 0 unspecified atom stereocenters. The molecule has 0 bridgehead atoms. The first-order valence-corrected chi connectivity index (χ1v) is 57.6. The van der Waals surface area contributed by atoms with E-state index < -0.39 is 22.1 Å². The van der Waals surface area contributed by atoms with Crippen molar-refractivity contribution in [1.82, 2.24) is 0 Å². The van der Waals surface area contributed by atoms with Gasteiger partial charge in [0, 0.05) is 38.4 Å². The first kappa shape index (κ1) is 131. The van der Waals surface area contributed by atoms with Gasteiger partial charge in [0.05, 0.1) is 97.5 Å². The maximum atomic E-state index is 10.1. The van der Waals surface area contributed by atoms with Gasteiger partial charge >= 0.3 is 193 Å². The van der Waals surface area contributed by atoms with Gasteiger partial charge in [0.25, 0.3) is 0 Å². The Kier molecular flexibility index (Phi) is 105. The zero-order valence-electron chi connectivity index (χ0n) is 72.5. The Hall–Kier alpha value is 4.38. The van der Waals surface area contributed by atoms with Crippen molar-refractivity contribution in [3.05, 3.63) is 0 Å². The molecule has 0 aliphatic heterocycles. The van der Waals surface area contributed by atoms with E-state index in [0.29, 0.717) is 5.88 Å². The Balaban J connectivity index is -0.000000184. The summed E-state index contributed by atoms with van der Waals surface area (Å²) < 4.78 is 8.88. The largest absolute Gasteiger partial charge is 2.00 e. The first-order chi connectivity index (χ1) is 51.7. The SMILES string of the molecule is C1CC[CH]([Ni][CH]2CCCCC2)CC1.CC(C)(CO)CO.CC(C)(CO)CO.CC(C)(CO)CO.CC(C)(CO)CO.CC(C)(CO)CO.CC(C)(CO)CO.CCCCCCCCSP(SCCCCCCCC)SCCCCCCCC.OP(O)OCCCl.S[PH](S)(S)C1CCCCC1.[Ni+2].[O-]P([O-])OC1CCCCC1. The monoisotopic (exact) mass is 1890 g/mol. The molecule has 0 aromatic carbocycles. The third kappa shape index (κ3) is 105. The third-order valence-corrected chi connectivity index (χ3v) is 37.1. The number of alkyl halides is 1. The van der Waals surface area contributed by atoms with E-state index in [2.05, 4.69) is 115 Å². The summed E-state index contributed by atoms with van der Waals surface area (Å²) in [5, 5.41) is 101. The van der Waals surface area contributed by atoms with Crippen molar-refractivity contribution in [2.24, 2.45) is 32.5 Å². The first-order valence-electron chi connectivity index (χ1n) is 41.6. The Bertz CT molecular complexity index is 1590. The molecule has 4 saturated carbocycles. The van der Waals surface area contributed by atoms with Crippen LogP contribution in [0.4, 0.5) is 0 Å². The van der Waals surface area contributed by atoms with Crippen LogP contribution in [0.1, 0.15) is 348 Å². The molecular weight excluding hydrogens is 1720 g/mol. The predicted molar refractivity (Wildman–Crippen MR) is 491 cm³/mol. The van der Waals surface area contributed by atoms with Crippen molar-refractivity contribution in [3.63, 3.8) is 0 Å². The van der Waals surface area contributed by atoms with Crippen molar-refractivity contribution >= 4 is 110 Å². The zero-order chi connectivity index (χ0) is 85.7. The van der Waals surface area contributed by atoms with E-state index in [1.165, 1.54) is 236 Å². The number of aliphatic hydroxyl groups is 12. The molecule has 4 aliphatic rings. The van der Waals surface area contributed by atoms with Gasteiger partial charge in [-0.05, 0) is 49.4 Å². The molecule has 4 rings (SSSR count). The van der Waals surface area contributed by atoms with Gasteiger partial charge in [-0.15, -0.1) is 45.7 Å². The summed E-state index contributed by atoms with van der Waals surface area (Å²) in [5.41, 5.74) is -0.994. The number of halogens is 1. The van der Waals surface area contributed by atoms with Gasteiger partial charge in [-0.1, -0.05) is 219 Å². The summed E-state index contributed by atoms with van der Waals surface area (Å²) >= 11 is 27.6. The minimum Gasteiger partial charge on any atom is -0.820 e. The fourth-order valence-electron chi connectivity index (χ4n) is 8.85. The summed E-state index contributed by atoms with van der Waals surface area (Å²) in [6.45, 7) is 29.3. The Morgan fingerprint density at radius 1 is 0.378 bits per heavy atom. The fraction of sp³-hybridized carbons (Fsp3) is 1.00. The Morgan fingerprint density at radius 2 is 0.604 bits per heavy atom. The fourth-order valence-corrected chi connectivity index (χ4v) is 26.3. The van der Waals surface area contributed by atoms with Crippen molar-refractivity contribution in [3.8, 4) is 0 Å². The maximum absolute atomic E-state index is 10.1. The number of thiol groups is 3. The van der Waals surface area contributed by atoms with E-state index in [4.69, 9.17) is 82.7 Å². The number of unbranched alkanes of at least 4 members (excludes halogenated alkanes) is 15. The standard InChI is InChI=1S/C24H51PS3.C6H11O3P.C6H15PS3.2C6H11.6C5H12O2.C2H6ClO3P.2Ni/c1-4-7-10-13-16-19-22-26-25(27-23-20-17-14-11-8-5-2)28-24-21-18-15-12-9-6-3;7-10(8)9-6-4-2-1-3-5-6;8-7(9,10)6-4-2-1-3-5-6;2*1-2-4-6-5-3-1;6*1-5(2,3-6)4-7;3-1-2-6-7(4)5;;/h4-24H2,1-3H3;6H,1-5H2;6-10H,1-5H2;2*1H,2-6H2;6*6-7H,3-4H2,1-2H3;4-5H,1-2H2;;/q;-2;;;;;;;;;;;;+2. The molecule has 0 atom stereocenters. The van der Waals surface area contributed by atoms with Crippen LogP contribution in [0.5, 0.6) is 0 Å². The second kappa shape index (κ2) is 89.2. The van der Waals surface area contributed by atoms with Crippen LogP contribution in [0, 0.1) is 32.5 Å². The number of aliphatic hydroxyl groups excluding tert-OH is 12. The molecular formula is C80H177ClNi2O18P4S6. The quantitative estimate of drug-likeness (QED) is 0.00886. The third-order valence-electron chi connectivity index (χ3n) is 17.7. The van der Waals surface area contributed by atoms with Crippen LogP contribution in [0.3, 0.4) is 0 Å². The summed E-state index contributed by atoms with van der Waals surface area (Å²) in [4.78, 5) is 36.7. The molecule has 0 aromatic rings. The van der Waals surface area contributed by atoms with Crippen LogP contribution in [0.2, 0.25) is 9.78 Å². The zero-order valence-corrected chi connectivity index (χ0v) is 84.1. The van der Waals surface area contributed by atoms with E-state index in [1.807, 2.05) is 0 Å². The van der Waals surface area contributed by atoms with Gasteiger partial charge in [0.1, 0.15) is 0 Å². The van der Waals surface area contributed by atoms with Gasteiger partial charge in [-0.25, -0.2) is 0 Å². The summed E-state index contributed by atoms with van der Waals surface area (Å²) in [7, 11) is -4.81. The van der Waals surface area contributed by atoms with Crippen LogP contribution >= 0.6 is 110 Å². The van der Waals surface area contributed by atoms with E-state index in [-0.39, 0.29) is 147 Å². The molecule has 0 spiro atoms. The van der Waals surface area contributed by atoms with Gasteiger partial charge in [0.15, 0.2) is 0 Å². The van der Waals surface area contributed by atoms with Crippen LogP contribution in [0.15, 0.2) is 0 Å². The van der Waals surface area contributed by atoms with E-state index >= 15 is 0 Å². The van der Waals surface area contributed by atoms with Gasteiger partial charge in [0.2, 0.25) is 0 Å². The topological polar surface area (TPSA) is 348 Å². The molecule has 0 radical (unpaired) electrons. The van der Waals surface area contributed by atoms with Crippen molar-refractivity contribution < 1.29 is 121 Å². The van der Waals surface area contributed by atoms with Gasteiger partial charge < -0.3 is 89.9 Å². The number of hydrogen-bond acceptors (Lipinski definition) is 24. The maximum Gasteiger partial charge on any atom is 2.00 e. The van der Waals surface area contributed by atoms with E-state index in [0.717, 1.165) is 41.1 Å². The molecule has 0 amide bonds. The van der Waals surface area contributed by atoms with E-state index in [1.54, 1.807) is 83.1 Å². The molecule has 688 valence electrons. The minimum atomic E-state index is -2.62. The molecule has 0 saturated heterocycles. The second-order valence-corrected chi connectivity index (χ2v) is 59.4. The smallest absolute Gasteiger partial charge is 0.820 e.